The van der Waals surface area contributed by atoms with E-state index in [2.05, 4.69) is 16.5 Å². The molecule has 0 aliphatic heterocycles. The standard InChI is InChI=1S/C23H21Cl2N3OS/c1-4-10-28-15(2)13-18(16(28)3)22(29)21(27-11-6-5-7-12-27)23(30)26-20-9-8-17(24)14-19(20)25/h4-9,11-14H,1,10H2,2-3H3,(H-,26,29,30)/p+1. The fraction of sp³-hybridized carbons (Fsp3) is 0.130. The van der Waals surface area contributed by atoms with Gasteiger partial charge in [0.2, 0.25) is 5.76 Å². The molecule has 0 atom stereocenters. The number of thiocarbonyl (C=S) groups is 1. The Morgan fingerprint density at radius 3 is 2.53 bits per heavy atom. The number of nitrogens with one attached hydrogen (secondary N) is 1. The Labute approximate surface area is 191 Å². The lowest BCUT2D eigenvalue weighted by Crippen LogP contribution is -2.38. The van der Waals surface area contributed by atoms with Gasteiger partial charge in [-0.25, -0.2) is 0 Å². The Hall–Kier alpha value is -2.60. The van der Waals surface area contributed by atoms with Crippen LogP contribution in [-0.4, -0.2) is 14.7 Å². The first-order valence-electron chi connectivity index (χ1n) is 9.27. The van der Waals surface area contributed by atoms with Gasteiger partial charge in [-0.3, -0.25) is 0 Å². The second kappa shape index (κ2) is 9.47. The lowest BCUT2D eigenvalue weighted by Gasteiger charge is -2.12. The summed E-state index contributed by atoms with van der Waals surface area (Å²) < 4.78 is 3.85. The normalized spacial score (nSPS) is 11.7. The van der Waals surface area contributed by atoms with Crippen LogP contribution in [0.15, 0.2) is 67.5 Å². The van der Waals surface area contributed by atoms with Gasteiger partial charge in [-0.2, -0.15) is 4.57 Å². The molecule has 0 saturated heterocycles. The minimum absolute atomic E-state index is 0.0669. The SMILES string of the molecule is C=CCn1c(C)cc(C(O)=C(C(=S)Nc2ccc(Cl)cc2Cl)[n+]2ccccc2)c1C. The summed E-state index contributed by atoms with van der Waals surface area (Å²) in [6.07, 6.45) is 5.48. The molecule has 0 bridgehead atoms. The van der Waals surface area contributed by atoms with Crippen molar-refractivity contribution < 1.29 is 9.67 Å². The number of rotatable bonds is 6. The van der Waals surface area contributed by atoms with E-state index in [1.54, 1.807) is 22.8 Å². The largest absolute Gasteiger partial charge is 0.502 e. The Morgan fingerprint density at radius 1 is 1.20 bits per heavy atom. The summed E-state index contributed by atoms with van der Waals surface area (Å²) in [5, 5.41) is 15.4. The van der Waals surface area contributed by atoms with Gasteiger partial charge in [0.25, 0.3) is 5.70 Å². The summed E-state index contributed by atoms with van der Waals surface area (Å²) in [6.45, 7) is 8.42. The fourth-order valence-electron chi connectivity index (χ4n) is 3.25. The molecule has 30 heavy (non-hydrogen) atoms. The highest BCUT2D eigenvalue weighted by molar-refractivity contribution is 7.81. The smallest absolute Gasteiger partial charge is 0.288 e. The summed E-state index contributed by atoms with van der Waals surface area (Å²) in [5.74, 6) is 0.0669. The average molecular weight is 459 g/mol. The molecular weight excluding hydrogens is 437 g/mol. The highest BCUT2D eigenvalue weighted by atomic mass is 35.5. The van der Waals surface area contributed by atoms with E-state index in [1.165, 1.54) is 0 Å². The molecule has 2 heterocycles. The van der Waals surface area contributed by atoms with Crippen molar-refractivity contribution in [1.82, 2.24) is 4.57 Å². The highest BCUT2D eigenvalue weighted by Gasteiger charge is 2.26. The van der Waals surface area contributed by atoms with Crippen molar-refractivity contribution in [2.75, 3.05) is 5.32 Å². The maximum atomic E-state index is 11.3. The van der Waals surface area contributed by atoms with E-state index in [-0.39, 0.29) is 5.76 Å². The maximum absolute atomic E-state index is 11.3. The number of anilines is 1. The van der Waals surface area contributed by atoms with E-state index in [0.717, 1.165) is 11.4 Å². The number of aromatic nitrogens is 2. The minimum atomic E-state index is 0.0669. The van der Waals surface area contributed by atoms with Crippen LogP contribution >= 0.6 is 35.4 Å². The van der Waals surface area contributed by atoms with Crippen LogP contribution < -0.4 is 9.88 Å². The fourth-order valence-corrected chi connectivity index (χ4v) is 4.01. The summed E-state index contributed by atoms with van der Waals surface area (Å²) >= 11 is 18.0. The molecule has 0 fully saturated rings. The van der Waals surface area contributed by atoms with E-state index in [4.69, 9.17) is 35.4 Å². The van der Waals surface area contributed by atoms with Crippen molar-refractivity contribution in [2.45, 2.75) is 20.4 Å². The third-order valence-electron chi connectivity index (χ3n) is 4.73. The molecule has 0 amide bonds. The number of hydrogen-bond donors (Lipinski definition) is 2. The number of aliphatic hydroxyl groups is 1. The maximum Gasteiger partial charge on any atom is 0.288 e. The van der Waals surface area contributed by atoms with Crippen molar-refractivity contribution in [1.29, 1.82) is 0 Å². The molecule has 3 aromatic rings. The highest BCUT2D eigenvalue weighted by Crippen LogP contribution is 2.28. The summed E-state index contributed by atoms with van der Waals surface area (Å²) in [7, 11) is 0. The van der Waals surface area contributed by atoms with Crippen molar-refractivity contribution in [3.8, 4) is 0 Å². The number of hydrogen-bond acceptors (Lipinski definition) is 2. The number of aryl methyl sites for hydroxylation is 1. The molecule has 2 aromatic heterocycles. The number of pyridine rings is 1. The molecule has 154 valence electrons. The van der Waals surface area contributed by atoms with Crippen LogP contribution in [0, 0.1) is 13.8 Å². The Morgan fingerprint density at radius 2 is 1.90 bits per heavy atom. The van der Waals surface area contributed by atoms with Gasteiger partial charge in [0, 0.05) is 40.7 Å². The van der Waals surface area contributed by atoms with Crippen LogP contribution in [0.5, 0.6) is 0 Å². The van der Waals surface area contributed by atoms with E-state index in [9.17, 15) is 5.11 Å². The Bertz CT molecular complexity index is 1140. The van der Waals surface area contributed by atoms with Gasteiger partial charge < -0.3 is 15.0 Å². The van der Waals surface area contributed by atoms with Gasteiger partial charge in [0.1, 0.15) is 0 Å². The van der Waals surface area contributed by atoms with Gasteiger partial charge in [-0.1, -0.05) is 47.6 Å². The van der Waals surface area contributed by atoms with Crippen molar-refractivity contribution in [3.63, 3.8) is 0 Å². The predicted octanol–water partition coefficient (Wildman–Crippen LogP) is 6.21. The first-order valence-corrected chi connectivity index (χ1v) is 10.4. The summed E-state index contributed by atoms with van der Waals surface area (Å²) in [5.41, 5.74) is 3.68. The molecule has 0 radical (unpaired) electrons. The van der Waals surface area contributed by atoms with Crippen molar-refractivity contribution >= 4 is 57.6 Å². The molecule has 1 aromatic carbocycles. The van der Waals surface area contributed by atoms with Crippen LogP contribution in [0.25, 0.3) is 11.5 Å². The van der Waals surface area contributed by atoms with E-state index < -0.39 is 0 Å². The van der Waals surface area contributed by atoms with Crippen LogP contribution in [0.1, 0.15) is 17.0 Å². The van der Waals surface area contributed by atoms with Gasteiger partial charge in [-0.05, 0) is 38.1 Å². The van der Waals surface area contributed by atoms with Crippen LogP contribution in [0.3, 0.4) is 0 Å². The quantitative estimate of drug-likeness (QED) is 0.151. The predicted molar refractivity (Wildman–Crippen MR) is 129 cm³/mol. The third-order valence-corrected chi connectivity index (χ3v) is 5.58. The number of halogens is 2. The number of aliphatic hydroxyl groups excluding tert-OH is 1. The van der Waals surface area contributed by atoms with E-state index in [0.29, 0.717) is 38.5 Å². The molecule has 0 aliphatic carbocycles. The zero-order chi connectivity index (χ0) is 21.8. The van der Waals surface area contributed by atoms with E-state index >= 15 is 0 Å². The molecule has 3 rings (SSSR count). The zero-order valence-corrected chi connectivity index (χ0v) is 19.0. The molecule has 4 nitrogen and oxygen atoms in total. The van der Waals surface area contributed by atoms with Crippen LogP contribution in [0.2, 0.25) is 10.0 Å². The second-order valence-electron chi connectivity index (χ2n) is 6.74. The molecule has 0 saturated carbocycles. The van der Waals surface area contributed by atoms with Gasteiger partial charge in [0.05, 0.1) is 10.7 Å². The molecule has 0 aliphatic rings. The molecule has 7 heteroatoms. The second-order valence-corrected chi connectivity index (χ2v) is 7.99. The lowest BCUT2D eigenvalue weighted by molar-refractivity contribution is -0.575. The number of nitrogens with zero attached hydrogens (tertiary/aromatic N) is 2. The molecule has 0 unspecified atom stereocenters. The third kappa shape index (κ3) is 4.59. The first kappa shape index (κ1) is 22.1. The van der Waals surface area contributed by atoms with Gasteiger partial charge in [-0.15, -0.1) is 6.58 Å². The summed E-state index contributed by atoms with van der Waals surface area (Å²) in [6, 6.07) is 12.7. The Kier molecular flexibility index (Phi) is 6.98. The van der Waals surface area contributed by atoms with Crippen molar-refractivity contribution in [3.05, 3.63) is 94.5 Å². The van der Waals surface area contributed by atoms with Crippen LogP contribution in [-0.2, 0) is 6.54 Å². The summed E-state index contributed by atoms with van der Waals surface area (Å²) in [4.78, 5) is 0.321. The monoisotopic (exact) mass is 458 g/mol. The van der Waals surface area contributed by atoms with Gasteiger partial charge in [0.15, 0.2) is 17.4 Å². The zero-order valence-electron chi connectivity index (χ0n) is 16.7. The van der Waals surface area contributed by atoms with Gasteiger partial charge >= 0.3 is 0 Å². The molecule has 2 N–H and O–H groups in total. The van der Waals surface area contributed by atoms with Crippen LogP contribution in [0.4, 0.5) is 5.69 Å². The Balaban J connectivity index is 2.12. The number of benzene rings is 1. The lowest BCUT2D eigenvalue weighted by atomic mass is 10.1. The number of allylic oxidation sites excluding steroid dienone is 1. The molecule has 0 spiro atoms. The first-order chi connectivity index (χ1) is 14.3. The minimum Gasteiger partial charge on any atom is -0.502 e. The van der Waals surface area contributed by atoms with E-state index in [1.807, 2.05) is 56.6 Å². The van der Waals surface area contributed by atoms with Crippen molar-refractivity contribution in [2.24, 2.45) is 0 Å². The molecular formula is C23H22Cl2N3OS+. The average Bonchev–Trinajstić information content (AvgIpc) is 3.00. The topological polar surface area (TPSA) is 41.1 Å².